The van der Waals surface area contributed by atoms with Gasteiger partial charge in [0.25, 0.3) is 0 Å². The molecule has 2 fully saturated rings. The zero-order chi connectivity index (χ0) is 37.1. The summed E-state index contributed by atoms with van der Waals surface area (Å²) in [6.07, 6.45) is 7.03. The van der Waals surface area contributed by atoms with Crippen molar-refractivity contribution in [1.29, 1.82) is 0 Å². The number of nitrogens with one attached hydrogen (secondary N) is 4. The lowest BCUT2D eigenvalue weighted by Crippen LogP contribution is -2.50. The predicted molar refractivity (Wildman–Crippen MR) is 199 cm³/mol. The fourth-order valence-electron chi connectivity index (χ4n) is 7.44. The van der Waals surface area contributed by atoms with E-state index in [2.05, 4.69) is 79.1 Å². The molecular formula is C40H50N8O4. The highest BCUT2D eigenvalue weighted by atomic mass is 16.2. The first-order valence-electron chi connectivity index (χ1n) is 18.4. The third kappa shape index (κ3) is 7.80. The number of aromatic amines is 2. The van der Waals surface area contributed by atoms with Crippen LogP contribution in [0, 0.1) is 11.8 Å². The van der Waals surface area contributed by atoms with Gasteiger partial charge in [-0.25, -0.2) is 9.97 Å². The smallest absolute Gasteiger partial charge is 0.246 e. The van der Waals surface area contributed by atoms with E-state index in [1.54, 1.807) is 0 Å². The van der Waals surface area contributed by atoms with Gasteiger partial charge in [0.2, 0.25) is 23.6 Å². The number of carbonyl (C=O) groups excluding carboxylic acids is 4. The zero-order valence-electron chi connectivity index (χ0n) is 30.9. The molecule has 274 valence electrons. The molecule has 4 heterocycles. The van der Waals surface area contributed by atoms with Crippen molar-refractivity contribution < 1.29 is 19.2 Å². The van der Waals surface area contributed by atoms with Gasteiger partial charge in [0.15, 0.2) is 0 Å². The van der Waals surface area contributed by atoms with E-state index >= 15 is 0 Å². The molecule has 2 saturated heterocycles. The number of nitrogens with zero attached hydrogens (tertiary/aromatic N) is 4. The summed E-state index contributed by atoms with van der Waals surface area (Å²) >= 11 is 0. The van der Waals surface area contributed by atoms with Gasteiger partial charge in [-0.2, -0.15) is 0 Å². The van der Waals surface area contributed by atoms with Gasteiger partial charge < -0.3 is 30.4 Å². The summed E-state index contributed by atoms with van der Waals surface area (Å²) in [4.78, 5) is 70.4. The first-order valence-corrected chi connectivity index (χ1v) is 18.4. The number of amides is 4. The van der Waals surface area contributed by atoms with Crippen molar-refractivity contribution >= 4 is 23.6 Å². The van der Waals surface area contributed by atoms with Crippen LogP contribution in [0.3, 0.4) is 0 Å². The molecule has 0 radical (unpaired) electrons. The minimum Gasteiger partial charge on any atom is -0.344 e. The molecule has 4 aromatic rings. The highest BCUT2D eigenvalue weighted by molar-refractivity contribution is 5.88. The van der Waals surface area contributed by atoms with Crippen LogP contribution < -0.4 is 10.6 Å². The molecule has 6 rings (SSSR count). The summed E-state index contributed by atoms with van der Waals surface area (Å²) in [7, 11) is 0. The molecule has 12 heteroatoms. The minimum absolute atomic E-state index is 0.0225. The Bertz CT molecular complexity index is 1760. The molecule has 12 nitrogen and oxygen atoms in total. The van der Waals surface area contributed by atoms with Gasteiger partial charge in [-0.3, -0.25) is 19.2 Å². The summed E-state index contributed by atoms with van der Waals surface area (Å²) in [6, 6.07) is 15.2. The summed E-state index contributed by atoms with van der Waals surface area (Å²) in [5.74, 6) is 0.906. The summed E-state index contributed by atoms with van der Waals surface area (Å²) in [5, 5.41) is 5.66. The van der Waals surface area contributed by atoms with Crippen LogP contribution in [0.5, 0.6) is 0 Å². The maximum atomic E-state index is 13.5. The molecule has 0 saturated carbocycles. The first-order chi connectivity index (χ1) is 24.9. The standard InChI is InChI=1S/C40H50N8O4/c1-23(2)35(43-25(5)49)39(51)47-19-7-9-33(47)37-41-21-31(45-37)29-15-11-27(12-16-29)28-13-17-30(18-14-28)32-22-42-38(46-32)34-10-8-20-48(34)40(52)36(24(3)4)44-26(6)50/h11-18,21-24,33-36H,7-10,19-20H2,1-6H3,(H,41,45)(H,42,46)(H,43,49)(H,44,50)/t33-,34?,35-,36-/m0/s1. The zero-order valence-corrected chi connectivity index (χ0v) is 30.9. The van der Waals surface area contributed by atoms with E-state index in [4.69, 9.17) is 0 Å². The number of benzene rings is 2. The number of imidazole rings is 2. The van der Waals surface area contributed by atoms with Crippen LogP contribution in [0.25, 0.3) is 33.6 Å². The van der Waals surface area contributed by atoms with Crippen molar-refractivity contribution in [3.63, 3.8) is 0 Å². The van der Waals surface area contributed by atoms with E-state index < -0.39 is 12.1 Å². The molecule has 4 N–H and O–H groups in total. The van der Waals surface area contributed by atoms with Crippen molar-refractivity contribution in [3.8, 4) is 33.6 Å². The van der Waals surface area contributed by atoms with Gasteiger partial charge >= 0.3 is 0 Å². The third-order valence-corrected chi connectivity index (χ3v) is 10.2. The number of H-pyrrole nitrogens is 2. The van der Waals surface area contributed by atoms with Crippen molar-refractivity contribution in [2.45, 2.75) is 91.4 Å². The van der Waals surface area contributed by atoms with Crippen LogP contribution >= 0.6 is 0 Å². The summed E-state index contributed by atoms with van der Waals surface area (Å²) < 4.78 is 0. The average Bonchev–Trinajstić information content (AvgIpc) is 3.95. The van der Waals surface area contributed by atoms with E-state index in [1.807, 2.05) is 49.9 Å². The first kappa shape index (κ1) is 36.5. The third-order valence-electron chi connectivity index (χ3n) is 10.2. The molecule has 4 atom stereocenters. The van der Waals surface area contributed by atoms with E-state index in [-0.39, 0.29) is 47.5 Å². The normalized spacial score (nSPS) is 18.5. The Hall–Kier alpha value is -5.26. The van der Waals surface area contributed by atoms with Crippen LogP contribution in [0.1, 0.15) is 91.0 Å². The number of carbonyl (C=O) groups is 4. The highest BCUT2D eigenvalue weighted by Gasteiger charge is 2.38. The van der Waals surface area contributed by atoms with Gasteiger partial charge in [-0.05, 0) is 59.8 Å². The lowest BCUT2D eigenvalue weighted by Gasteiger charge is -2.30. The molecule has 2 aromatic heterocycles. The molecule has 2 aliphatic rings. The van der Waals surface area contributed by atoms with Crippen molar-refractivity contribution in [2.24, 2.45) is 11.8 Å². The number of hydrogen-bond donors (Lipinski definition) is 4. The Morgan fingerprint density at radius 1 is 0.615 bits per heavy atom. The van der Waals surface area contributed by atoms with Crippen LogP contribution in [-0.4, -0.2) is 78.5 Å². The second-order valence-electron chi connectivity index (χ2n) is 14.7. The molecule has 0 aliphatic carbocycles. The van der Waals surface area contributed by atoms with Gasteiger partial charge in [0, 0.05) is 26.9 Å². The van der Waals surface area contributed by atoms with E-state index in [0.29, 0.717) is 13.1 Å². The highest BCUT2D eigenvalue weighted by Crippen LogP contribution is 2.35. The summed E-state index contributed by atoms with van der Waals surface area (Å²) in [6.45, 7) is 11.9. The maximum Gasteiger partial charge on any atom is 0.246 e. The molecule has 1 unspecified atom stereocenters. The minimum atomic E-state index is -0.563. The Labute approximate surface area is 305 Å². The Kier molecular flexibility index (Phi) is 10.9. The number of aromatic nitrogens is 4. The second-order valence-corrected chi connectivity index (χ2v) is 14.7. The topological polar surface area (TPSA) is 156 Å². The average molecular weight is 707 g/mol. The van der Waals surface area contributed by atoms with Crippen LogP contribution in [0.15, 0.2) is 60.9 Å². The largest absolute Gasteiger partial charge is 0.344 e. The molecule has 0 bridgehead atoms. The number of hydrogen-bond acceptors (Lipinski definition) is 6. The fourth-order valence-corrected chi connectivity index (χ4v) is 7.44. The van der Waals surface area contributed by atoms with Crippen molar-refractivity contribution in [2.75, 3.05) is 13.1 Å². The van der Waals surface area contributed by atoms with Crippen molar-refractivity contribution in [3.05, 3.63) is 72.6 Å². The Balaban J connectivity index is 1.11. The van der Waals surface area contributed by atoms with Gasteiger partial charge in [0.05, 0.1) is 35.9 Å². The van der Waals surface area contributed by atoms with Crippen LogP contribution in [-0.2, 0) is 19.2 Å². The van der Waals surface area contributed by atoms with Gasteiger partial charge in [-0.15, -0.1) is 0 Å². The Morgan fingerprint density at radius 3 is 1.29 bits per heavy atom. The summed E-state index contributed by atoms with van der Waals surface area (Å²) in [5.41, 5.74) is 5.90. The number of likely N-dealkylation sites (tertiary alicyclic amines) is 2. The molecule has 2 aromatic carbocycles. The molecule has 2 aliphatic heterocycles. The molecular weight excluding hydrogens is 656 g/mol. The van der Waals surface area contributed by atoms with E-state index in [1.165, 1.54) is 13.8 Å². The fraction of sp³-hybridized carbons (Fsp3) is 0.450. The quantitative estimate of drug-likeness (QED) is 0.155. The Morgan fingerprint density at radius 2 is 0.962 bits per heavy atom. The second kappa shape index (κ2) is 15.5. The van der Waals surface area contributed by atoms with Crippen LogP contribution in [0.2, 0.25) is 0 Å². The molecule has 0 spiro atoms. The SMILES string of the molecule is CC(=O)N[C@H](C(=O)N1CCCC1c1ncc(-c2ccc(-c3ccc(-c4cnc([C@@H]5CCCN5C(=O)[C@@H](NC(C)=O)C(C)C)[nH]4)cc3)cc2)[nH]1)C(C)C. The van der Waals surface area contributed by atoms with Gasteiger partial charge in [-0.1, -0.05) is 76.2 Å². The molecule has 52 heavy (non-hydrogen) atoms. The van der Waals surface area contributed by atoms with Gasteiger partial charge in [0.1, 0.15) is 23.7 Å². The lowest BCUT2D eigenvalue weighted by molar-refractivity contribution is -0.138. The molecule has 4 amide bonds. The number of rotatable bonds is 11. The van der Waals surface area contributed by atoms with E-state index in [0.717, 1.165) is 71.0 Å². The van der Waals surface area contributed by atoms with Crippen LogP contribution in [0.4, 0.5) is 0 Å². The lowest BCUT2D eigenvalue weighted by atomic mass is 10.0. The van der Waals surface area contributed by atoms with Crippen molar-refractivity contribution in [1.82, 2.24) is 40.4 Å². The van der Waals surface area contributed by atoms with E-state index in [9.17, 15) is 19.2 Å². The monoisotopic (exact) mass is 706 g/mol. The maximum absolute atomic E-state index is 13.5. The predicted octanol–water partition coefficient (Wildman–Crippen LogP) is 5.78.